The zero-order chi connectivity index (χ0) is 22.0. The van der Waals surface area contributed by atoms with Gasteiger partial charge in [-0.3, -0.25) is 9.36 Å². The molecule has 0 fully saturated rings. The molecule has 6 nitrogen and oxygen atoms in total. The predicted octanol–water partition coefficient (Wildman–Crippen LogP) is 4.80. The number of para-hydroxylation sites is 2. The first-order valence-electron chi connectivity index (χ1n) is 9.64. The van der Waals surface area contributed by atoms with E-state index in [0.717, 1.165) is 17.1 Å². The number of rotatable bonds is 7. The Bertz CT molecular complexity index is 1250. The molecule has 4 aromatic rings. The molecule has 0 N–H and O–H groups in total. The van der Waals surface area contributed by atoms with Gasteiger partial charge in [-0.05, 0) is 50.2 Å². The van der Waals surface area contributed by atoms with Crippen molar-refractivity contribution < 1.29 is 13.9 Å². The van der Waals surface area contributed by atoms with E-state index in [4.69, 9.17) is 4.74 Å². The van der Waals surface area contributed by atoms with Crippen LogP contribution in [0.1, 0.15) is 21.7 Å². The van der Waals surface area contributed by atoms with E-state index in [-0.39, 0.29) is 17.4 Å². The Labute approximate surface area is 183 Å². The van der Waals surface area contributed by atoms with E-state index in [9.17, 15) is 9.18 Å². The SMILES string of the molecule is COc1ccccc1-n1cnnc1SCC(=O)c1cc(C)n(-c2cccc(F)c2)c1C. The van der Waals surface area contributed by atoms with Gasteiger partial charge in [0.25, 0.3) is 0 Å². The second kappa shape index (κ2) is 8.77. The zero-order valence-electron chi connectivity index (χ0n) is 17.4. The predicted molar refractivity (Wildman–Crippen MR) is 118 cm³/mol. The second-order valence-electron chi connectivity index (χ2n) is 6.97. The third-order valence-corrected chi connectivity index (χ3v) is 5.93. The van der Waals surface area contributed by atoms with Gasteiger partial charge in [0.15, 0.2) is 10.9 Å². The summed E-state index contributed by atoms with van der Waals surface area (Å²) in [6.07, 6.45) is 1.60. The highest BCUT2D eigenvalue weighted by Crippen LogP contribution is 2.28. The highest BCUT2D eigenvalue weighted by molar-refractivity contribution is 7.99. The average Bonchev–Trinajstić information content (AvgIpc) is 3.35. The van der Waals surface area contributed by atoms with E-state index in [1.807, 2.05) is 54.8 Å². The molecule has 8 heteroatoms. The lowest BCUT2D eigenvalue weighted by Gasteiger charge is -2.11. The largest absolute Gasteiger partial charge is 0.495 e. The maximum atomic E-state index is 13.7. The van der Waals surface area contributed by atoms with Crippen LogP contribution >= 0.6 is 11.8 Å². The number of hydrogen-bond donors (Lipinski definition) is 0. The second-order valence-corrected chi connectivity index (χ2v) is 7.91. The molecular weight excluding hydrogens is 415 g/mol. The number of aryl methyl sites for hydroxylation is 1. The van der Waals surface area contributed by atoms with E-state index in [2.05, 4.69) is 10.2 Å². The fourth-order valence-corrected chi connectivity index (χ4v) is 4.39. The van der Waals surface area contributed by atoms with Gasteiger partial charge in [0.1, 0.15) is 17.9 Å². The topological polar surface area (TPSA) is 61.9 Å². The highest BCUT2D eigenvalue weighted by atomic mass is 32.2. The number of ketones is 1. The molecule has 0 bridgehead atoms. The minimum Gasteiger partial charge on any atom is -0.495 e. The molecule has 0 saturated carbocycles. The number of benzene rings is 2. The van der Waals surface area contributed by atoms with Gasteiger partial charge in [0.2, 0.25) is 0 Å². The maximum Gasteiger partial charge on any atom is 0.196 e. The number of halogens is 1. The van der Waals surface area contributed by atoms with Crippen LogP contribution in [0.5, 0.6) is 5.75 Å². The summed E-state index contributed by atoms with van der Waals surface area (Å²) in [5, 5.41) is 8.75. The number of nitrogens with zero attached hydrogens (tertiary/aromatic N) is 4. The molecular formula is C23H21FN4O2S. The lowest BCUT2D eigenvalue weighted by Crippen LogP contribution is -2.07. The summed E-state index contributed by atoms with van der Waals surface area (Å²) in [6.45, 7) is 3.77. The smallest absolute Gasteiger partial charge is 0.196 e. The van der Waals surface area contributed by atoms with Crippen LogP contribution < -0.4 is 4.74 Å². The lowest BCUT2D eigenvalue weighted by molar-refractivity contribution is 0.102. The van der Waals surface area contributed by atoms with Crippen molar-refractivity contribution >= 4 is 17.5 Å². The normalized spacial score (nSPS) is 11.0. The summed E-state index contributed by atoms with van der Waals surface area (Å²) in [4.78, 5) is 13.0. The van der Waals surface area contributed by atoms with Crippen molar-refractivity contribution in [3.63, 3.8) is 0 Å². The van der Waals surface area contributed by atoms with Gasteiger partial charge in [-0.1, -0.05) is 30.0 Å². The number of carbonyl (C=O) groups excluding carboxylic acids is 1. The van der Waals surface area contributed by atoms with E-state index >= 15 is 0 Å². The van der Waals surface area contributed by atoms with Crippen molar-refractivity contribution in [1.29, 1.82) is 0 Å². The Morgan fingerprint density at radius 3 is 2.71 bits per heavy atom. The van der Waals surface area contributed by atoms with Crippen LogP contribution in [0.4, 0.5) is 4.39 Å². The molecule has 2 aromatic heterocycles. The average molecular weight is 437 g/mol. The summed E-state index contributed by atoms with van der Waals surface area (Å²) in [6, 6.07) is 15.7. The van der Waals surface area contributed by atoms with Crippen LogP contribution in [0.3, 0.4) is 0 Å². The minimum atomic E-state index is -0.316. The van der Waals surface area contributed by atoms with Crippen molar-refractivity contribution in [3.8, 4) is 17.1 Å². The van der Waals surface area contributed by atoms with Crippen LogP contribution in [0.15, 0.2) is 66.1 Å². The van der Waals surface area contributed by atoms with Crippen LogP contribution in [0.2, 0.25) is 0 Å². The summed E-state index contributed by atoms with van der Waals surface area (Å²) in [5.41, 5.74) is 3.75. The highest BCUT2D eigenvalue weighted by Gasteiger charge is 2.19. The molecule has 0 aliphatic rings. The maximum absolute atomic E-state index is 13.7. The van der Waals surface area contributed by atoms with Crippen LogP contribution in [-0.4, -0.2) is 38.0 Å². The molecule has 0 saturated heterocycles. The monoisotopic (exact) mass is 436 g/mol. The Balaban J connectivity index is 1.56. The first-order valence-corrected chi connectivity index (χ1v) is 10.6. The Morgan fingerprint density at radius 1 is 1.13 bits per heavy atom. The fourth-order valence-electron chi connectivity index (χ4n) is 3.58. The minimum absolute atomic E-state index is 0.0321. The molecule has 4 rings (SSSR count). The Kier molecular flexibility index (Phi) is 5.90. The zero-order valence-corrected chi connectivity index (χ0v) is 18.2. The molecule has 31 heavy (non-hydrogen) atoms. The molecule has 0 aliphatic carbocycles. The molecule has 0 aliphatic heterocycles. The van der Waals surface area contributed by atoms with Gasteiger partial charge in [-0.2, -0.15) is 0 Å². The van der Waals surface area contributed by atoms with Gasteiger partial charge in [0, 0.05) is 22.6 Å². The molecule has 0 atom stereocenters. The molecule has 2 heterocycles. The third-order valence-electron chi connectivity index (χ3n) is 4.99. The number of hydrogen-bond acceptors (Lipinski definition) is 5. The van der Waals surface area contributed by atoms with Gasteiger partial charge in [-0.15, -0.1) is 10.2 Å². The first kappa shape index (κ1) is 20.9. The summed E-state index contributed by atoms with van der Waals surface area (Å²) < 4.78 is 22.8. The molecule has 2 aromatic carbocycles. The first-order chi connectivity index (χ1) is 15.0. The van der Waals surface area contributed by atoms with Gasteiger partial charge in [-0.25, -0.2) is 4.39 Å². The Morgan fingerprint density at radius 2 is 1.94 bits per heavy atom. The van der Waals surface area contributed by atoms with E-state index < -0.39 is 0 Å². The van der Waals surface area contributed by atoms with Crippen molar-refractivity contribution in [1.82, 2.24) is 19.3 Å². The van der Waals surface area contributed by atoms with Gasteiger partial charge < -0.3 is 9.30 Å². The van der Waals surface area contributed by atoms with Crippen molar-refractivity contribution in [3.05, 3.63) is 83.7 Å². The van der Waals surface area contributed by atoms with Gasteiger partial charge in [0.05, 0.1) is 18.6 Å². The van der Waals surface area contributed by atoms with Gasteiger partial charge >= 0.3 is 0 Å². The van der Waals surface area contributed by atoms with Crippen molar-refractivity contribution in [2.75, 3.05) is 12.9 Å². The summed E-state index contributed by atoms with van der Waals surface area (Å²) in [7, 11) is 1.61. The van der Waals surface area contributed by atoms with Crippen LogP contribution in [0.25, 0.3) is 11.4 Å². The third kappa shape index (κ3) is 4.11. The molecule has 0 amide bonds. The number of Topliss-reactive ketones (excluding diaryl/α,β-unsaturated/α-hetero) is 1. The number of methoxy groups -OCH3 is 1. The van der Waals surface area contributed by atoms with Crippen molar-refractivity contribution in [2.45, 2.75) is 19.0 Å². The molecule has 158 valence electrons. The lowest BCUT2D eigenvalue weighted by atomic mass is 10.2. The molecule has 0 spiro atoms. The van der Waals surface area contributed by atoms with Crippen molar-refractivity contribution in [2.24, 2.45) is 0 Å². The van der Waals surface area contributed by atoms with Crippen LogP contribution in [-0.2, 0) is 0 Å². The van der Waals surface area contributed by atoms with Crippen LogP contribution in [0, 0.1) is 19.7 Å². The summed E-state index contributed by atoms with van der Waals surface area (Å²) >= 11 is 1.31. The Hall–Kier alpha value is -3.39. The van der Waals surface area contributed by atoms with E-state index in [0.29, 0.717) is 22.2 Å². The number of aromatic nitrogens is 4. The number of carbonyl (C=O) groups is 1. The quantitative estimate of drug-likeness (QED) is 0.308. The molecule has 0 radical (unpaired) electrons. The number of thioether (sulfide) groups is 1. The fraction of sp³-hybridized carbons (Fsp3) is 0.174. The number of ether oxygens (including phenoxy) is 1. The molecule has 0 unspecified atom stereocenters. The van der Waals surface area contributed by atoms with E-state index in [1.54, 1.807) is 24.1 Å². The standard InChI is InChI=1S/C23H21FN4O2S/c1-15-11-19(16(2)28(15)18-8-6-7-17(24)12-18)21(29)13-31-23-26-25-14-27(23)20-9-4-5-10-22(20)30-3/h4-12,14H,13H2,1-3H3. The summed E-state index contributed by atoms with van der Waals surface area (Å²) in [5.74, 6) is 0.537. The van der Waals surface area contributed by atoms with E-state index in [1.165, 1.54) is 23.9 Å².